The highest BCUT2D eigenvalue weighted by Crippen LogP contribution is 2.57. The molecule has 6 nitrogen and oxygen atoms in total. The fraction of sp³-hybridized carbons (Fsp3) is 0.435. The Bertz CT molecular complexity index is 925. The predicted octanol–water partition coefficient (Wildman–Crippen LogP) is 4.70. The van der Waals surface area contributed by atoms with Crippen LogP contribution in [0.1, 0.15) is 50.7 Å². The summed E-state index contributed by atoms with van der Waals surface area (Å²) in [5.74, 6) is 0.524. The molecular weight excluding hydrogens is 370 g/mol. The van der Waals surface area contributed by atoms with E-state index in [0.717, 1.165) is 32.1 Å². The van der Waals surface area contributed by atoms with Crippen molar-refractivity contribution in [3.8, 4) is 11.5 Å². The molecule has 2 aromatic carbocycles. The van der Waals surface area contributed by atoms with Crippen molar-refractivity contribution in [3.05, 3.63) is 58.8 Å². The van der Waals surface area contributed by atoms with Crippen LogP contribution in [0.5, 0.6) is 11.5 Å². The molecule has 29 heavy (non-hydrogen) atoms. The number of phenolic OH excluding ortho intramolecular Hbond substituents is 1. The van der Waals surface area contributed by atoms with E-state index in [-0.39, 0.29) is 34.0 Å². The fourth-order valence-corrected chi connectivity index (χ4v) is 5.59. The molecule has 0 bridgehead atoms. The molecule has 0 aliphatic heterocycles. The van der Waals surface area contributed by atoms with Crippen LogP contribution in [0.2, 0.25) is 0 Å². The molecule has 1 saturated carbocycles. The average Bonchev–Trinajstić information content (AvgIpc) is 2.68. The van der Waals surface area contributed by atoms with Crippen LogP contribution in [-0.4, -0.2) is 16.3 Å². The molecule has 2 N–H and O–H groups in total. The van der Waals surface area contributed by atoms with E-state index in [1.807, 2.05) is 19.1 Å². The van der Waals surface area contributed by atoms with E-state index in [9.17, 15) is 15.1 Å². The minimum Gasteiger partial charge on any atom is -0.733 e. The van der Waals surface area contributed by atoms with Crippen molar-refractivity contribution in [1.29, 1.82) is 0 Å². The Morgan fingerprint density at radius 1 is 1.17 bits per heavy atom. The van der Waals surface area contributed by atoms with E-state index in [4.69, 9.17) is 9.94 Å². The Balaban J connectivity index is 1.61. The maximum absolute atomic E-state index is 13.3. The molecular formula is C23H26NO5-. The highest BCUT2D eigenvalue weighted by molar-refractivity contribution is 5.80. The summed E-state index contributed by atoms with van der Waals surface area (Å²) >= 11 is 0. The number of carbonyl (C=O) groups is 1. The second-order valence-electron chi connectivity index (χ2n) is 8.78. The topological polar surface area (TPSA) is 93.1 Å². The Morgan fingerprint density at radius 3 is 2.59 bits per heavy atom. The first kappa shape index (κ1) is 19.7. The van der Waals surface area contributed by atoms with Gasteiger partial charge in [-0.3, -0.25) is 10.0 Å². The molecule has 6 heteroatoms. The second kappa shape index (κ2) is 7.04. The Hall–Kier alpha value is -2.57. The van der Waals surface area contributed by atoms with Crippen molar-refractivity contribution in [1.82, 2.24) is 0 Å². The second-order valence-corrected chi connectivity index (χ2v) is 8.78. The van der Waals surface area contributed by atoms with Gasteiger partial charge in [0.15, 0.2) is 0 Å². The van der Waals surface area contributed by atoms with E-state index in [1.54, 1.807) is 6.07 Å². The number of hydrogen-bond donors (Lipinski definition) is 2. The van der Waals surface area contributed by atoms with E-state index in [1.165, 1.54) is 35.4 Å². The van der Waals surface area contributed by atoms with Gasteiger partial charge < -0.3 is 20.3 Å². The van der Waals surface area contributed by atoms with Gasteiger partial charge in [-0.1, -0.05) is 19.4 Å². The number of ether oxygens (including phenoxy) is 1. The van der Waals surface area contributed by atoms with Crippen molar-refractivity contribution in [2.75, 3.05) is 5.23 Å². The molecule has 0 amide bonds. The summed E-state index contributed by atoms with van der Waals surface area (Å²) in [4.78, 5) is 13.3. The number of rotatable bonds is 3. The molecule has 4 rings (SSSR count). The van der Waals surface area contributed by atoms with Crippen LogP contribution in [-0.2, 0) is 16.6 Å². The SMILES string of the molecule is C[C@@]1(C(=O)Oc2ccc(N([O-])O)cc2)CCC[C@]2(C)c3ccc(O)cc3CC[C@@H]12. The Morgan fingerprint density at radius 2 is 1.90 bits per heavy atom. The predicted molar refractivity (Wildman–Crippen MR) is 109 cm³/mol. The summed E-state index contributed by atoms with van der Waals surface area (Å²) < 4.78 is 5.71. The van der Waals surface area contributed by atoms with Crippen molar-refractivity contribution in [2.45, 2.75) is 51.4 Å². The summed E-state index contributed by atoms with van der Waals surface area (Å²) in [7, 11) is 0. The van der Waals surface area contributed by atoms with Crippen molar-refractivity contribution >= 4 is 11.7 Å². The number of phenols is 1. The van der Waals surface area contributed by atoms with E-state index >= 15 is 0 Å². The van der Waals surface area contributed by atoms with Crippen LogP contribution < -0.4 is 9.96 Å². The van der Waals surface area contributed by atoms with Gasteiger partial charge in [-0.2, -0.15) is 0 Å². The van der Waals surface area contributed by atoms with Crippen molar-refractivity contribution in [3.63, 3.8) is 0 Å². The molecule has 0 aromatic heterocycles. The number of aryl methyl sites for hydroxylation is 1. The third-order valence-corrected chi connectivity index (χ3v) is 7.07. The molecule has 0 unspecified atom stereocenters. The Labute approximate surface area is 170 Å². The molecule has 2 aliphatic rings. The quantitative estimate of drug-likeness (QED) is 0.444. The number of anilines is 1. The van der Waals surface area contributed by atoms with Crippen LogP contribution in [0.25, 0.3) is 0 Å². The average molecular weight is 396 g/mol. The van der Waals surface area contributed by atoms with Gasteiger partial charge in [-0.15, -0.1) is 0 Å². The normalized spacial score (nSPS) is 28.2. The van der Waals surface area contributed by atoms with Gasteiger partial charge in [0, 0.05) is 0 Å². The number of hydrogen-bond acceptors (Lipinski definition) is 6. The van der Waals surface area contributed by atoms with Gasteiger partial charge in [-0.25, -0.2) is 0 Å². The summed E-state index contributed by atoms with van der Waals surface area (Å²) in [6.45, 7) is 4.24. The van der Waals surface area contributed by atoms with Gasteiger partial charge in [0.2, 0.25) is 0 Å². The molecule has 3 atom stereocenters. The molecule has 0 heterocycles. The molecule has 154 valence electrons. The van der Waals surface area contributed by atoms with Crippen LogP contribution >= 0.6 is 0 Å². The largest absolute Gasteiger partial charge is 0.733 e. The minimum atomic E-state index is -0.622. The van der Waals surface area contributed by atoms with E-state index in [2.05, 4.69) is 6.92 Å². The zero-order valence-corrected chi connectivity index (χ0v) is 16.7. The standard InChI is InChI=1S/C23H26NO5/c1-22-12-3-13-23(2,20(22)11-4-15-14-17(25)7-10-19(15)22)21(26)29-18-8-5-16(6-9-18)24(27)28/h5-10,14,20,25,27H,3-4,11-13H2,1-2H3/q-1/t20-,22-,23-/m1/s1. The highest BCUT2D eigenvalue weighted by atomic mass is 16.8. The lowest BCUT2D eigenvalue weighted by atomic mass is 9.50. The monoisotopic (exact) mass is 396 g/mol. The maximum Gasteiger partial charge on any atom is 0.317 e. The van der Waals surface area contributed by atoms with Gasteiger partial charge in [0.05, 0.1) is 11.1 Å². The lowest BCUT2D eigenvalue weighted by molar-refractivity contribution is -0.154. The Kier molecular flexibility index (Phi) is 4.79. The first-order valence-corrected chi connectivity index (χ1v) is 10.0. The van der Waals surface area contributed by atoms with Gasteiger partial charge in [-0.05, 0) is 91.5 Å². The fourth-order valence-electron chi connectivity index (χ4n) is 5.59. The van der Waals surface area contributed by atoms with Gasteiger partial charge in [0.25, 0.3) is 0 Å². The third kappa shape index (κ3) is 3.26. The number of aromatic hydroxyl groups is 1. The summed E-state index contributed by atoms with van der Waals surface area (Å²) in [6, 6.07) is 11.4. The smallest absolute Gasteiger partial charge is 0.317 e. The van der Waals surface area contributed by atoms with Crippen molar-refractivity contribution in [2.24, 2.45) is 11.3 Å². The lowest BCUT2D eigenvalue weighted by Gasteiger charge is -2.54. The van der Waals surface area contributed by atoms with Gasteiger partial charge >= 0.3 is 5.97 Å². The number of carbonyl (C=O) groups excluding carboxylic acids is 1. The summed E-state index contributed by atoms with van der Waals surface area (Å²) in [5, 5.41) is 29.5. The molecule has 0 radical (unpaired) electrons. The first-order chi connectivity index (χ1) is 13.7. The lowest BCUT2D eigenvalue weighted by Crippen LogP contribution is -2.53. The van der Waals surface area contributed by atoms with Crippen LogP contribution in [0, 0.1) is 16.5 Å². The molecule has 2 aromatic rings. The maximum atomic E-state index is 13.3. The zero-order valence-electron chi connectivity index (χ0n) is 16.7. The number of esters is 1. The zero-order chi connectivity index (χ0) is 20.8. The minimum absolute atomic E-state index is 0.0772. The molecule has 0 saturated heterocycles. The van der Waals surface area contributed by atoms with Crippen LogP contribution in [0.4, 0.5) is 5.69 Å². The highest BCUT2D eigenvalue weighted by Gasteiger charge is 2.55. The van der Waals surface area contributed by atoms with E-state index < -0.39 is 5.41 Å². The number of benzene rings is 2. The van der Waals surface area contributed by atoms with Crippen LogP contribution in [0.3, 0.4) is 0 Å². The van der Waals surface area contributed by atoms with Crippen LogP contribution in [0.15, 0.2) is 42.5 Å². The van der Waals surface area contributed by atoms with Gasteiger partial charge in [0.1, 0.15) is 11.5 Å². The van der Waals surface area contributed by atoms with Crippen molar-refractivity contribution < 1.29 is 19.8 Å². The van der Waals surface area contributed by atoms with E-state index in [0.29, 0.717) is 5.75 Å². The molecule has 2 aliphatic carbocycles. The number of fused-ring (bicyclic) bond motifs is 3. The molecule has 1 fully saturated rings. The first-order valence-electron chi connectivity index (χ1n) is 10.0. The summed E-state index contributed by atoms with van der Waals surface area (Å²) in [6.07, 6.45) is 4.39. The third-order valence-electron chi connectivity index (χ3n) is 7.07. The number of nitrogens with zero attached hydrogens (tertiary/aromatic N) is 1. The summed E-state index contributed by atoms with van der Waals surface area (Å²) in [5.41, 5.74) is 1.71. The molecule has 0 spiro atoms.